The third-order valence-electron chi connectivity index (χ3n) is 3.24. The minimum absolute atomic E-state index is 0.284. The highest BCUT2D eigenvalue weighted by Crippen LogP contribution is 2.10. The minimum Gasteiger partial charge on any atom is -0.478 e. The van der Waals surface area contributed by atoms with Gasteiger partial charge in [0.25, 0.3) is 0 Å². The zero-order chi connectivity index (χ0) is 12.4. The van der Waals surface area contributed by atoms with Gasteiger partial charge in [-0.3, -0.25) is 4.68 Å². The highest BCUT2D eigenvalue weighted by Gasteiger charge is 2.21. The monoisotopic (exact) mass is 238 g/mol. The molecule has 0 bridgehead atoms. The number of aromatic nitrogens is 2. The van der Waals surface area contributed by atoms with E-state index in [1.807, 2.05) is 0 Å². The highest BCUT2D eigenvalue weighted by molar-refractivity contribution is 5.88. The summed E-state index contributed by atoms with van der Waals surface area (Å²) in [6, 6.07) is 0.441. The normalized spacial score (nSPS) is 20.9. The molecule has 1 unspecified atom stereocenters. The quantitative estimate of drug-likeness (QED) is 0.767. The molecule has 6 nitrogen and oxygen atoms in total. The van der Waals surface area contributed by atoms with E-state index in [-0.39, 0.29) is 5.56 Å². The van der Waals surface area contributed by atoms with Crippen LogP contribution in [-0.4, -0.2) is 51.9 Å². The molecule has 94 valence electrons. The Hall–Kier alpha value is -1.40. The van der Waals surface area contributed by atoms with Gasteiger partial charge in [-0.25, -0.2) is 4.79 Å². The fraction of sp³-hybridized carbons (Fsp3) is 0.636. The van der Waals surface area contributed by atoms with Gasteiger partial charge < -0.3 is 15.3 Å². The first-order valence-corrected chi connectivity index (χ1v) is 5.74. The van der Waals surface area contributed by atoms with Gasteiger partial charge in [0, 0.05) is 26.2 Å². The van der Waals surface area contributed by atoms with E-state index in [0.29, 0.717) is 12.6 Å². The summed E-state index contributed by atoms with van der Waals surface area (Å²) in [5, 5.41) is 16.4. The fourth-order valence-corrected chi connectivity index (χ4v) is 2.19. The van der Waals surface area contributed by atoms with E-state index in [1.54, 1.807) is 11.7 Å². The van der Waals surface area contributed by atoms with Gasteiger partial charge in [-0.2, -0.15) is 5.10 Å². The van der Waals surface area contributed by atoms with Crippen molar-refractivity contribution in [2.45, 2.75) is 19.0 Å². The van der Waals surface area contributed by atoms with Crippen LogP contribution in [0, 0.1) is 0 Å². The first-order chi connectivity index (χ1) is 8.08. The Morgan fingerprint density at radius 1 is 1.65 bits per heavy atom. The van der Waals surface area contributed by atoms with E-state index in [1.165, 1.54) is 6.20 Å². The first kappa shape index (κ1) is 12.1. The molecule has 2 N–H and O–H groups in total. The number of hydrogen-bond donors (Lipinski definition) is 2. The van der Waals surface area contributed by atoms with E-state index in [2.05, 4.69) is 22.4 Å². The Balaban J connectivity index is 1.99. The first-order valence-electron chi connectivity index (χ1n) is 5.74. The summed E-state index contributed by atoms with van der Waals surface area (Å²) < 4.78 is 1.62. The summed E-state index contributed by atoms with van der Waals surface area (Å²) >= 11 is 0. The molecule has 2 rings (SSSR count). The number of carbonyl (C=O) groups is 1. The molecule has 1 atom stereocenters. The Kier molecular flexibility index (Phi) is 3.44. The maximum absolute atomic E-state index is 11.0. The molecule has 0 aromatic carbocycles. The van der Waals surface area contributed by atoms with E-state index >= 15 is 0 Å². The van der Waals surface area contributed by atoms with Crippen LogP contribution < -0.4 is 5.32 Å². The van der Waals surface area contributed by atoms with Crippen molar-refractivity contribution in [3.05, 3.63) is 17.5 Å². The number of carboxylic acid groups (broad SMARTS) is 1. The van der Waals surface area contributed by atoms with Crippen LogP contribution in [0.25, 0.3) is 0 Å². The molecule has 6 heteroatoms. The summed E-state index contributed by atoms with van der Waals surface area (Å²) in [5.74, 6) is -0.918. The van der Waals surface area contributed by atoms with Gasteiger partial charge in [-0.15, -0.1) is 0 Å². The lowest BCUT2D eigenvalue weighted by Gasteiger charge is -2.13. The molecule has 1 fully saturated rings. The van der Waals surface area contributed by atoms with Crippen LogP contribution in [-0.2, 0) is 13.6 Å². The molecule has 1 saturated heterocycles. The highest BCUT2D eigenvalue weighted by atomic mass is 16.4. The zero-order valence-corrected chi connectivity index (χ0v) is 10.2. The summed E-state index contributed by atoms with van der Waals surface area (Å²) in [6.07, 6.45) is 2.51. The second-order valence-corrected chi connectivity index (χ2v) is 4.56. The lowest BCUT2D eigenvalue weighted by Crippen LogP contribution is -2.32. The summed E-state index contributed by atoms with van der Waals surface area (Å²) in [4.78, 5) is 13.3. The summed E-state index contributed by atoms with van der Waals surface area (Å²) in [7, 11) is 3.86. The molecule has 1 aromatic heterocycles. The largest absolute Gasteiger partial charge is 0.478 e. The van der Waals surface area contributed by atoms with E-state index < -0.39 is 5.97 Å². The number of hydrogen-bond acceptors (Lipinski definition) is 4. The van der Waals surface area contributed by atoms with E-state index in [0.717, 1.165) is 25.2 Å². The Morgan fingerprint density at radius 2 is 2.41 bits per heavy atom. The SMILES string of the molecule is CN1CCC(NCc2c(C(=O)O)cnn2C)C1. The van der Waals surface area contributed by atoms with Crippen LogP contribution in [0.5, 0.6) is 0 Å². The molecule has 0 spiro atoms. The van der Waals surface area contributed by atoms with Gasteiger partial charge in [0.05, 0.1) is 11.9 Å². The molecule has 2 heterocycles. The second-order valence-electron chi connectivity index (χ2n) is 4.56. The van der Waals surface area contributed by atoms with Crippen molar-refractivity contribution in [2.75, 3.05) is 20.1 Å². The van der Waals surface area contributed by atoms with E-state index in [9.17, 15) is 4.79 Å². The van der Waals surface area contributed by atoms with Crippen molar-refractivity contribution in [2.24, 2.45) is 7.05 Å². The molecular weight excluding hydrogens is 220 g/mol. The lowest BCUT2D eigenvalue weighted by molar-refractivity contribution is 0.0695. The number of likely N-dealkylation sites (tertiary alicyclic amines) is 1. The van der Waals surface area contributed by atoms with Crippen molar-refractivity contribution in [1.29, 1.82) is 0 Å². The summed E-state index contributed by atoms with van der Waals surface area (Å²) in [6.45, 7) is 2.66. The van der Waals surface area contributed by atoms with Gasteiger partial charge in [0.2, 0.25) is 0 Å². The molecule has 0 amide bonds. The van der Waals surface area contributed by atoms with Gasteiger partial charge in [0.15, 0.2) is 0 Å². The maximum Gasteiger partial charge on any atom is 0.339 e. The lowest BCUT2D eigenvalue weighted by atomic mass is 10.2. The number of aromatic carboxylic acids is 1. The van der Waals surface area contributed by atoms with E-state index in [4.69, 9.17) is 5.11 Å². The number of nitrogens with one attached hydrogen (secondary N) is 1. The molecule has 0 aliphatic carbocycles. The summed E-state index contributed by atoms with van der Waals surface area (Å²) in [5.41, 5.74) is 1.01. The topological polar surface area (TPSA) is 70.4 Å². The third kappa shape index (κ3) is 2.65. The number of likely N-dealkylation sites (N-methyl/N-ethyl adjacent to an activating group) is 1. The van der Waals surface area contributed by atoms with Crippen molar-refractivity contribution in [3.8, 4) is 0 Å². The smallest absolute Gasteiger partial charge is 0.339 e. The Morgan fingerprint density at radius 3 is 3.00 bits per heavy atom. The molecule has 17 heavy (non-hydrogen) atoms. The van der Waals surface area contributed by atoms with Crippen LogP contribution in [0.1, 0.15) is 22.5 Å². The van der Waals surface area contributed by atoms with Gasteiger partial charge in [-0.05, 0) is 20.0 Å². The molecule has 0 saturated carbocycles. The van der Waals surface area contributed by atoms with Crippen molar-refractivity contribution in [3.63, 3.8) is 0 Å². The molecular formula is C11H18N4O2. The molecule has 1 aliphatic heterocycles. The number of nitrogens with zero attached hydrogens (tertiary/aromatic N) is 3. The van der Waals surface area contributed by atoms with Gasteiger partial charge in [0.1, 0.15) is 5.56 Å². The maximum atomic E-state index is 11.0. The van der Waals surface area contributed by atoms with Gasteiger partial charge in [-0.1, -0.05) is 0 Å². The van der Waals surface area contributed by atoms with Crippen LogP contribution in [0.3, 0.4) is 0 Å². The molecule has 1 aromatic rings. The number of rotatable bonds is 4. The second kappa shape index (κ2) is 4.85. The standard InChI is InChI=1S/C11H18N4O2/c1-14-4-3-8(7-14)12-6-10-9(11(16)17)5-13-15(10)2/h5,8,12H,3-4,6-7H2,1-2H3,(H,16,17). The van der Waals surface area contributed by atoms with Crippen LogP contribution in [0.15, 0.2) is 6.20 Å². The van der Waals surface area contributed by atoms with Crippen LogP contribution >= 0.6 is 0 Å². The number of carboxylic acids is 1. The predicted molar refractivity (Wildman–Crippen MR) is 62.9 cm³/mol. The van der Waals surface area contributed by atoms with Crippen molar-refractivity contribution >= 4 is 5.97 Å². The fourth-order valence-electron chi connectivity index (χ4n) is 2.19. The minimum atomic E-state index is -0.918. The number of aryl methyl sites for hydroxylation is 1. The average Bonchev–Trinajstić information content (AvgIpc) is 2.82. The molecule has 1 aliphatic rings. The Labute approximate surface area is 100 Å². The third-order valence-corrected chi connectivity index (χ3v) is 3.24. The predicted octanol–water partition coefficient (Wildman–Crippen LogP) is -0.0880. The zero-order valence-electron chi connectivity index (χ0n) is 10.2. The van der Waals surface area contributed by atoms with Crippen LogP contribution in [0.4, 0.5) is 0 Å². The average molecular weight is 238 g/mol. The van der Waals surface area contributed by atoms with Gasteiger partial charge >= 0.3 is 5.97 Å². The van der Waals surface area contributed by atoms with Crippen LogP contribution in [0.2, 0.25) is 0 Å². The Bertz CT molecular complexity index is 416. The van der Waals surface area contributed by atoms with Crippen molar-refractivity contribution in [1.82, 2.24) is 20.0 Å². The van der Waals surface area contributed by atoms with Crippen molar-refractivity contribution < 1.29 is 9.90 Å². The molecule has 0 radical (unpaired) electrons.